The molecule has 1 atom stereocenters. The lowest BCUT2D eigenvalue weighted by Crippen LogP contribution is -2.32. The zero-order valence-electron chi connectivity index (χ0n) is 13.5. The van der Waals surface area contributed by atoms with Crippen molar-refractivity contribution < 1.29 is 9.53 Å². The summed E-state index contributed by atoms with van der Waals surface area (Å²) in [4.78, 5) is 12.3. The van der Waals surface area contributed by atoms with Crippen LogP contribution in [0, 0.1) is 0 Å². The van der Waals surface area contributed by atoms with Crippen molar-refractivity contribution in [2.24, 2.45) is 0 Å². The molecule has 0 aliphatic rings. The number of ether oxygens (including phenoxy) is 1. The maximum Gasteiger partial charge on any atom is 0.251 e. The normalized spacial score (nSPS) is 11.8. The molecule has 122 valence electrons. The fourth-order valence-electron chi connectivity index (χ4n) is 2.32. The van der Waals surface area contributed by atoms with Gasteiger partial charge in [0.05, 0.1) is 11.6 Å². The Labute approximate surface area is 142 Å². The summed E-state index contributed by atoms with van der Waals surface area (Å²) in [5.41, 5.74) is 1.82. The van der Waals surface area contributed by atoms with Crippen molar-refractivity contribution >= 4 is 17.5 Å². The summed E-state index contributed by atoms with van der Waals surface area (Å²) < 4.78 is 5.38. The van der Waals surface area contributed by atoms with Crippen molar-refractivity contribution in [2.75, 3.05) is 6.61 Å². The zero-order valence-corrected chi connectivity index (χ0v) is 14.3. The second-order valence-corrected chi connectivity index (χ2v) is 5.88. The van der Waals surface area contributed by atoms with Crippen molar-refractivity contribution in [1.82, 2.24) is 5.32 Å². The summed E-state index contributed by atoms with van der Waals surface area (Å²) >= 11 is 6.12. The third-order valence-corrected chi connectivity index (χ3v) is 3.88. The Morgan fingerprint density at radius 3 is 2.61 bits per heavy atom. The van der Waals surface area contributed by atoms with Gasteiger partial charge in [-0.15, -0.1) is 0 Å². The second-order valence-electron chi connectivity index (χ2n) is 5.48. The maximum atomic E-state index is 12.3. The van der Waals surface area contributed by atoms with E-state index in [2.05, 4.69) is 17.4 Å². The molecule has 0 aliphatic carbocycles. The minimum absolute atomic E-state index is 0.0908. The third kappa shape index (κ3) is 5.29. The molecule has 0 radical (unpaired) electrons. The molecule has 3 nitrogen and oxygen atoms in total. The number of aryl methyl sites for hydroxylation is 1. The maximum absolute atomic E-state index is 12.3. The number of halogens is 1. The van der Waals surface area contributed by atoms with Crippen LogP contribution < -0.4 is 10.1 Å². The number of benzene rings is 2. The average molecular weight is 332 g/mol. The molecule has 0 unspecified atom stereocenters. The van der Waals surface area contributed by atoms with Crippen LogP contribution in [0.1, 0.15) is 36.2 Å². The Morgan fingerprint density at radius 2 is 1.96 bits per heavy atom. The van der Waals surface area contributed by atoms with E-state index >= 15 is 0 Å². The number of hydrogen-bond acceptors (Lipinski definition) is 2. The first-order valence-corrected chi connectivity index (χ1v) is 8.25. The molecule has 0 heterocycles. The number of hydrogen-bond donors (Lipinski definition) is 1. The molecule has 4 heteroatoms. The van der Waals surface area contributed by atoms with Crippen LogP contribution in [-0.4, -0.2) is 18.6 Å². The van der Waals surface area contributed by atoms with Gasteiger partial charge in [-0.3, -0.25) is 4.79 Å². The fraction of sp³-hybridized carbons (Fsp3) is 0.316. The van der Waals surface area contributed by atoms with Gasteiger partial charge in [0.1, 0.15) is 5.75 Å². The van der Waals surface area contributed by atoms with E-state index in [0.29, 0.717) is 22.9 Å². The molecule has 0 saturated heterocycles. The van der Waals surface area contributed by atoms with Crippen LogP contribution in [0.4, 0.5) is 0 Å². The van der Waals surface area contributed by atoms with E-state index in [1.54, 1.807) is 18.2 Å². The van der Waals surface area contributed by atoms with E-state index in [9.17, 15) is 4.79 Å². The van der Waals surface area contributed by atoms with Crippen LogP contribution in [0.15, 0.2) is 48.5 Å². The van der Waals surface area contributed by atoms with Crippen molar-refractivity contribution in [3.63, 3.8) is 0 Å². The molecule has 2 aromatic carbocycles. The molecular formula is C19H22ClNO2. The molecule has 0 aromatic heterocycles. The Balaban J connectivity index is 1.89. The van der Waals surface area contributed by atoms with Gasteiger partial charge < -0.3 is 10.1 Å². The van der Waals surface area contributed by atoms with Crippen molar-refractivity contribution in [3.05, 3.63) is 64.7 Å². The van der Waals surface area contributed by atoms with Crippen LogP contribution in [-0.2, 0) is 6.42 Å². The van der Waals surface area contributed by atoms with Crippen molar-refractivity contribution in [1.29, 1.82) is 0 Å². The van der Waals surface area contributed by atoms with Crippen LogP contribution in [0.2, 0.25) is 5.02 Å². The van der Waals surface area contributed by atoms with Gasteiger partial charge >= 0.3 is 0 Å². The molecule has 0 spiro atoms. The Hall–Kier alpha value is -2.00. The van der Waals surface area contributed by atoms with Crippen LogP contribution in [0.5, 0.6) is 5.75 Å². The topological polar surface area (TPSA) is 38.3 Å². The van der Waals surface area contributed by atoms with Crippen LogP contribution >= 0.6 is 11.6 Å². The molecule has 1 N–H and O–H groups in total. The highest BCUT2D eigenvalue weighted by Gasteiger charge is 2.12. The number of nitrogens with one attached hydrogen (secondary N) is 1. The van der Waals surface area contributed by atoms with Gasteiger partial charge in [-0.05, 0) is 50.5 Å². The molecule has 0 saturated carbocycles. The number of amides is 1. The van der Waals surface area contributed by atoms with Gasteiger partial charge in [-0.25, -0.2) is 0 Å². The number of carbonyl (C=O) groups excluding carboxylic acids is 1. The first kappa shape index (κ1) is 17.4. The molecule has 23 heavy (non-hydrogen) atoms. The summed E-state index contributed by atoms with van der Waals surface area (Å²) in [7, 11) is 0. The Bertz CT molecular complexity index is 643. The van der Waals surface area contributed by atoms with E-state index < -0.39 is 0 Å². The van der Waals surface area contributed by atoms with Gasteiger partial charge in [-0.2, -0.15) is 0 Å². The Morgan fingerprint density at radius 1 is 1.22 bits per heavy atom. The fourth-order valence-corrected chi connectivity index (χ4v) is 2.56. The highest BCUT2D eigenvalue weighted by Crippen LogP contribution is 2.25. The quantitative estimate of drug-likeness (QED) is 0.811. The summed E-state index contributed by atoms with van der Waals surface area (Å²) in [5, 5.41) is 3.46. The standard InChI is InChI=1S/C19H22ClNO2/c1-3-23-18-12-11-16(13-17(18)20)19(22)21-14(2)9-10-15-7-5-4-6-8-15/h4-8,11-14H,3,9-10H2,1-2H3,(H,21,22)/t14-/m0/s1. The highest BCUT2D eigenvalue weighted by atomic mass is 35.5. The molecule has 1 amide bonds. The summed E-state index contributed by atoms with van der Waals surface area (Å²) in [6.45, 7) is 4.45. The number of carbonyl (C=O) groups is 1. The van der Waals surface area contributed by atoms with Gasteiger partial charge in [-0.1, -0.05) is 41.9 Å². The molecule has 2 rings (SSSR count). The highest BCUT2D eigenvalue weighted by molar-refractivity contribution is 6.32. The molecule has 0 aliphatic heterocycles. The lowest BCUT2D eigenvalue weighted by atomic mass is 10.1. The lowest BCUT2D eigenvalue weighted by Gasteiger charge is -2.14. The van der Waals surface area contributed by atoms with Crippen molar-refractivity contribution in [2.45, 2.75) is 32.7 Å². The van der Waals surface area contributed by atoms with Gasteiger partial charge in [0.2, 0.25) is 0 Å². The molecule has 0 bridgehead atoms. The van der Waals surface area contributed by atoms with Crippen LogP contribution in [0.3, 0.4) is 0 Å². The minimum Gasteiger partial charge on any atom is -0.492 e. The summed E-state index contributed by atoms with van der Waals surface area (Å²) in [6, 6.07) is 15.5. The van der Waals surface area contributed by atoms with Gasteiger partial charge in [0.15, 0.2) is 0 Å². The van der Waals surface area contributed by atoms with Gasteiger partial charge in [0, 0.05) is 11.6 Å². The van der Waals surface area contributed by atoms with E-state index in [0.717, 1.165) is 12.8 Å². The second kappa shape index (κ2) is 8.59. The van der Waals surface area contributed by atoms with Crippen LogP contribution in [0.25, 0.3) is 0 Å². The summed E-state index contributed by atoms with van der Waals surface area (Å²) in [6.07, 6.45) is 1.83. The summed E-state index contributed by atoms with van der Waals surface area (Å²) in [5.74, 6) is 0.485. The number of rotatable bonds is 7. The molecule has 2 aromatic rings. The molecule has 0 fully saturated rings. The van der Waals surface area contributed by atoms with E-state index in [1.165, 1.54) is 5.56 Å². The van der Waals surface area contributed by atoms with E-state index in [4.69, 9.17) is 16.3 Å². The molecular weight excluding hydrogens is 310 g/mol. The first-order chi connectivity index (χ1) is 11.1. The SMILES string of the molecule is CCOc1ccc(C(=O)N[C@@H](C)CCc2ccccc2)cc1Cl. The van der Waals surface area contributed by atoms with E-state index in [1.807, 2.05) is 32.0 Å². The van der Waals surface area contributed by atoms with Crippen molar-refractivity contribution in [3.8, 4) is 5.75 Å². The predicted octanol–water partition coefficient (Wildman–Crippen LogP) is 4.49. The lowest BCUT2D eigenvalue weighted by molar-refractivity contribution is 0.0938. The van der Waals surface area contributed by atoms with Gasteiger partial charge in [0.25, 0.3) is 5.91 Å². The smallest absolute Gasteiger partial charge is 0.251 e. The van der Waals surface area contributed by atoms with E-state index in [-0.39, 0.29) is 11.9 Å². The first-order valence-electron chi connectivity index (χ1n) is 7.87. The third-order valence-electron chi connectivity index (χ3n) is 3.58. The Kier molecular flexibility index (Phi) is 6.48. The monoisotopic (exact) mass is 331 g/mol. The largest absolute Gasteiger partial charge is 0.492 e. The predicted molar refractivity (Wildman–Crippen MR) is 94.3 cm³/mol. The average Bonchev–Trinajstić information content (AvgIpc) is 2.56. The minimum atomic E-state index is -0.115. The zero-order chi connectivity index (χ0) is 16.7.